The van der Waals surface area contributed by atoms with Gasteiger partial charge in [0.25, 0.3) is 0 Å². The number of carbonyl (C=O) groups excluding carboxylic acids is 1. The number of anilines is 1. The molecule has 5 atom stereocenters. The molecule has 0 saturated heterocycles. The molecule has 336 valence electrons. The third kappa shape index (κ3) is 17.9. The van der Waals surface area contributed by atoms with Crippen molar-refractivity contribution in [2.45, 2.75) is 77.0 Å². The predicted octanol–water partition coefficient (Wildman–Crippen LogP) is 5.41. The average Bonchev–Trinajstić information content (AvgIpc) is 3.24. The quantitative estimate of drug-likeness (QED) is 0.0366. The van der Waals surface area contributed by atoms with E-state index in [4.69, 9.17) is 9.84 Å². The summed E-state index contributed by atoms with van der Waals surface area (Å²) in [6, 6.07) is 28.5. The molecule has 0 saturated carbocycles. The van der Waals surface area contributed by atoms with E-state index in [0.29, 0.717) is 48.8 Å². The summed E-state index contributed by atoms with van der Waals surface area (Å²) < 4.78 is 5.14. The van der Waals surface area contributed by atoms with Crippen LogP contribution in [0.2, 0.25) is 0 Å². The van der Waals surface area contributed by atoms with Crippen LogP contribution in [0.4, 0.5) is 5.69 Å². The topological polar surface area (TPSA) is 256 Å². The maximum Gasteiger partial charge on any atom is 0.211 e. The zero-order valence-electron chi connectivity index (χ0n) is 35.7. The van der Waals surface area contributed by atoms with E-state index < -0.39 is 18.3 Å². The Kier molecular flexibility index (Phi) is 20.8. The Morgan fingerprint density at radius 1 is 0.516 bits per heavy atom. The van der Waals surface area contributed by atoms with Gasteiger partial charge in [-0.05, 0) is 115 Å². The number of rotatable bonds is 19. The van der Waals surface area contributed by atoms with Gasteiger partial charge in [0.15, 0.2) is 11.5 Å². The van der Waals surface area contributed by atoms with Gasteiger partial charge in [0.05, 0.1) is 31.1 Å². The van der Waals surface area contributed by atoms with Crippen LogP contribution in [0.1, 0.15) is 73.8 Å². The molecule has 15 nitrogen and oxygen atoms in total. The summed E-state index contributed by atoms with van der Waals surface area (Å²) in [4.78, 5) is 10.5. The van der Waals surface area contributed by atoms with E-state index in [1.54, 1.807) is 37.4 Å². The fraction of sp³-hybridized carbons (Fsp3) is 0.340. The van der Waals surface area contributed by atoms with Crippen LogP contribution < -0.4 is 26.0 Å². The molecule has 5 aromatic rings. The molecule has 0 bridgehead atoms. The SMILES string of the molecule is CC(C)NCC(O)c1ccc(O)c(O)c1.CC(Cc1ccc(O)cc1)NCC(O)c1cc(O)cc(O)c1.COc1ccc(C[C@@H](C)NC[C@H](O)c2ccc(O)c(NC=O)c2)cc1. The molecular weight excluding hydrogens is 797 g/mol. The van der Waals surface area contributed by atoms with E-state index in [2.05, 4.69) is 21.3 Å². The molecule has 0 aliphatic carbocycles. The first kappa shape index (κ1) is 50.3. The number of aliphatic hydroxyl groups excluding tert-OH is 3. The molecular formula is C47H62N4O11. The minimum Gasteiger partial charge on any atom is -0.508 e. The molecule has 0 spiro atoms. The molecule has 0 aliphatic heterocycles. The summed E-state index contributed by atoms with van der Waals surface area (Å²) in [7, 11) is 1.64. The fourth-order valence-corrected chi connectivity index (χ4v) is 6.07. The molecule has 5 rings (SSSR count). The van der Waals surface area contributed by atoms with Crippen molar-refractivity contribution in [3.63, 3.8) is 0 Å². The Labute approximate surface area is 362 Å². The van der Waals surface area contributed by atoms with Crippen LogP contribution in [0.5, 0.6) is 40.2 Å². The first-order valence-corrected chi connectivity index (χ1v) is 20.2. The second-order valence-electron chi connectivity index (χ2n) is 15.2. The lowest BCUT2D eigenvalue weighted by Crippen LogP contribution is -2.32. The van der Waals surface area contributed by atoms with Gasteiger partial charge in [-0.1, -0.05) is 50.2 Å². The van der Waals surface area contributed by atoms with Crippen molar-refractivity contribution >= 4 is 12.1 Å². The van der Waals surface area contributed by atoms with Gasteiger partial charge in [-0.25, -0.2) is 0 Å². The van der Waals surface area contributed by atoms with Gasteiger partial charge in [-0.15, -0.1) is 0 Å². The summed E-state index contributed by atoms with van der Waals surface area (Å²) in [5.74, 6) is 0.482. The first-order valence-electron chi connectivity index (χ1n) is 20.2. The number of phenols is 6. The maximum absolute atomic E-state index is 10.5. The average molecular weight is 859 g/mol. The Morgan fingerprint density at radius 2 is 0.984 bits per heavy atom. The number of amides is 1. The van der Waals surface area contributed by atoms with Crippen molar-refractivity contribution in [1.29, 1.82) is 0 Å². The van der Waals surface area contributed by atoms with E-state index >= 15 is 0 Å². The number of aliphatic hydroxyl groups is 3. The van der Waals surface area contributed by atoms with Crippen molar-refractivity contribution in [2.24, 2.45) is 0 Å². The molecule has 0 aliphatic rings. The lowest BCUT2D eigenvalue weighted by atomic mass is 10.1. The highest BCUT2D eigenvalue weighted by molar-refractivity contribution is 5.75. The lowest BCUT2D eigenvalue weighted by Gasteiger charge is -2.18. The first-order chi connectivity index (χ1) is 29.5. The zero-order chi connectivity index (χ0) is 45.8. The molecule has 3 unspecified atom stereocenters. The summed E-state index contributed by atoms with van der Waals surface area (Å²) in [6.07, 6.45) is -0.173. The van der Waals surface area contributed by atoms with Gasteiger partial charge in [0, 0.05) is 43.8 Å². The summed E-state index contributed by atoms with van der Waals surface area (Å²) in [5.41, 5.74) is 4.20. The van der Waals surface area contributed by atoms with Gasteiger partial charge >= 0.3 is 0 Å². The Bertz CT molecular complexity index is 2060. The lowest BCUT2D eigenvalue weighted by molar-refractivity contribution is -0.105. The van der Waals surface area contributed by atoms with Crippen molar-refractivity contribution in [3.8, 4) is 40.2 Å². The van der Waals surface area contributed by atoms with Crippen molar-refractivity contribution in [3.05, 3.63) is 131 Å². The molecule has 0 heterocycles. The van der Waals surface area contributed by atoms with E-state index in [1.165, 1.54) is 42.0 Å². The monoisotopic (exact) mass is 858 g/mol. The van der Waals surface area contributed by atoms with Crippen LogP contribution in [0.3, 0.4) is 0 Å². The standard InChI is InChI=1S/C19H24N2O4.C17H21NO4.C11H17NO3/c1-13(9-14-3-6-16(25-2)7-4-14)20-11-19(24)15-5-8-18(23)17(10-15)21-12-22;1-11(6-12-2-4-14(19)5-3-12)18-10-17(22)13-7-15(20)9-16(21)8-13;1-7(2)12-6-11(15)8-3-4-9(13)10(14)5-8/h3-8,10,12-13,19-20,23-24H,9,11H2,1-2H3,(H,21,22);2-5,7-9,11,17-22H,6,10H2,1H3;3-5,7,11-15H,6H2,1-2H3/t13-,19+;;/m1../s1. The maximum atomic E-state index is 10.5. The fourth-order valence-electron chi connectivity index (χ4n) is 6.07. The zero-order valence-corrected chi connectivity index (χ0v) is 35.7. The number of carbonyl (C=O) groups is 1. The molecule has 15 heteroatoms. The minimum absolute atomic E-state index is 0.0381. The number of nitrogens with one attached hydrogen (secondary N) is 4. The third-order valence-corrected chi connectivity index (χ3v) is 9.53. The van der Waals surface area contributed by atoms with Crippen LogP contribution in [0.15, 0.2) is 103 Å². The van der Waals surface area contributed by atoms with E-state index in [1.807, 2.05) is 64.1 Å². The highest BCUT2D eigenvalue weighted by Crippen LogP contribution is 2.29. The Balaban J connectivity index is 0.000000255. The number of methoxy groups -OCH3 is 1. The molecule has 0 aromatic heterocycles. The van der Waals surface area contributed by atoms with Crippen LogP contribution in [0.25, 0.3) is 0 Å². The van der Waals surface area contributed by atoms with Gasteiger partial charge in [-0.2, -0.15) is 0 Å². The number of hydrogen-bond donors (Lipinski definition) is 13. The van der Waals surface area contributed by atoms with Gasteiger partial charge in [0.1, 0.15) is 28.7 Å². The van der Waals surface area contributed by atoms with Gasteiger partial charge in [0.2, 0.25) is 6.41 Å². The Hall–Kier alpha value is -6.07. The molecule has 1 amide bonds. The minimum atomic E-state index is -0.819. The largest absolute Gasteiger partial charge is 0.508 e. The van der Waals surface area contributed by atoms with Crippen molar-refractivity contribution < 1.29 is 55.5 Å². The second kappa shape index (κ2) is 25.6. The second-order valence-corrected chi connectivity index (χ2v) is 15.2. The number of hydrogen-bond acceptors (Lipinski definition) is 14. The smallest absolute Gasteiger partial charge is 0.211 e. The van der Waals surface area contributed by atoms with Gasteiger partial charge < -0.3 is 72.0 Å². The summed E-state index contributed by atoms with van der Waals surface area (Å²) >= 11 is 0. The molecule has 13 N–H and O–H groups in total. The van der Waals surface area contributed by atoms with Crippen LogP contribution in [-0.2, 0) is 17.6 Å². The van der Waals surface area contributed by atoms with Crippen LogP contribution >= 0.6 is 0 Å². The molecule has 0 radical (unpaired) electrons. The normalized spacial score (nSPS) is 13.3. The number of phenolic OH excluding ortho intramolecular Hbond substituents is 6. The van der Waals surface area contributed by atoms with Crippen LogP contribution in [-0.4, -0.2) is 97.2 Å². The van der Waals surface area contributed by atoms with Crippen molar-refractivity contribution in [2.75, 3.05) is 32.1 Å². The molecule has 0 fully saturated rings. The van der Waals surface area contributed by atoms with E-state index in [0.717, 1.165) is 24.2 Å². The summed E-state index contributed by atoms with van der Waals surface area (Å²) in [6.45, 7) is 9.11. The highest BCUT2D eigenvalue weighted by atomic mass is 16.5. The van der Waals surface area contributed by atoms with E-state index in [-0.39, 0.29) is 52.3 Å². The highest BCUT2D eigenvalue weighted by Gasteiger charge is 2.14. The third-order valence-electron chi connectivity index (χ3n) is 9.53. The van der Waals surface area contributed by atoms with Gasteiger partial charge in [-0.3, -0.25) is 4.79 Å². The molecule has 5 aromatic carbocycles. The van der Waals surface area contributed by atoms with E-state index in [9.17, 15) is 45.6 Å². The van der Waals surface area contributed by atoms with Crippen molar-refractivity contribution in [1.82, 2.24) is 16.0 Å². The number of benzene rings is 5. The molecule has 62 heavy (non-hydrogen) atoms. The predicted molar refractivity (Wildman–Crippen MR) is 239 cm³/mol. The number of ether oxygens (including phenoxy) is 1. The van der Waals surface area contributed by atoms with Crippen LogP contribution in [0, 0.1) is 0 Å². The summed E-state index contributed by atoms with van der Waals surface area (Å²) in [5, 5.41) is 98.2. The Morgan fingerprint density at radius 3 is 1.47 bits per heavy atom. The number of aromatic hydroxyl groups is 6.